The Morgan fingerprint density at radius 1 is 1.31 bits per heavy atom. The lowest BCUT2D eigenvalue weighted by Gasteiger charge is -2.03. The summed E-state index contributed by atoms with van der Waals surface area (Å²) < 4.78 is 0. The highest BCUT2D eigenvalue weighted by atomic mass is 35.5. The van der Waals surface area contributed by atoms with Crippen molar-refractivity contribution in [2.75, 3.05) is 5.75 Å². The summed E-state index contributed by atoms with van der Waals surface area (Å²) in [5, 5.41) is 0.864. The summed E-state index contributed by atoms with van der Waals surface area (Å²) in [5.41, 5.74) is 3.44. The van der Waals surface area contributed by atoms with Gasteiger partial charge in [-0.25, -0.2) is 0 Å². The molecule has 0 heterocycles. The fourth-order valence-electron chi connectivity index (χ4n) is 1.26. The van der Waals surface area contributed by atoms with Crippen LogP contribution in [0.1, 0.15) is 16.7 Å². The first-order chi connectivity index (χ1) is 6.15. The fourth-order valence-corrected chi connectivity index (χ4v) is 1.48. The van der Waals surface area contributed by atoms with Crippen LogP contribution in [0.4, 0.5) is 0 Å². The monoisotopic (exact) mass is 212 g/mol. The molecule has 0 aliphatic carbocycles. The molecule has 0 spiro atoms. The van der Waals surface area contributed by atoms with Crippen molar-refractivity contribution in [3.05, 3.63) is 39.9 Å². The zero-order valence-electron chi connectivity index (χ0n) is 7.84. The molecule has 1 aromatic rings. The molecule has 0 fully saturated rings. The van der Waals surface area contributed by atoms with E-state index in [2.05, 4.69) is 30.8 Å². The third-order valence-corrected chi connectivity index (χ3v) is 2.68. The van der Waals surface area contributed by atoms with Gasteiger partial charge in [0.1, 0.15) is 0 Å². The van der Waals surface area contributed by atoms with Crippen LogP contribution in [0.5, 0.6) is 0 Å². The molecule has 1 rings (SSSR count). The average molecular weight is 213 g/mol. The van der Waals surface area contributed by atoms with Gasteiger partial charge in [-0.1, -0.05) is 35.9 Å². The molecule has 0 aromatic heterocycles. The van der Waals surface area contributed by atoms with Crippen molar-refractivity contribution in [2.45, 2.75) is 13.8 Å². The first kappa shape index (κ1) is 10.7. The van der Waals surface area contributed by atoms with E-state index in [-0.39, 0.29) is 0 Å². The maximum absolute atomic E-state index is 6.04. The average Bonchev–Trinajstić information content (AvgIpc) is 2.10. The van der Waals surface area contributed by atoms with Crippen LogP contribution < -0.4 is 0 Å². The normalized spacial score (nSPS) is 11.1. The van der Waals surface area contributed by atoms with Gasteiger partial charge in [0, 0.05) is 10.8 Å². The van der Waals surface area contributed by atoms with Gasteiger partial charge in [-0.05, 0) is 30.5 Å². The molecule has 1 aromatic carbocycles. The molecule has 0 N–H and O–H groups in total. The van der Waals surface area contributed by atoms with Crippen LogP contribution >= 0.6 is 24.2 Å². The van der Waals surface area contributed by atoms with Gasteiger partial charge < -0.3 is 0 Å². The first-order valence-electron chi connectivity index (χ1n) is 4.19. The van der Waals surface area contributed by atoms with Crippen molar-refractivity contribution in [3.63, 3.8) is 0 Å². The van der Waals surface area contributed by atoms with Crippen LogP contribution in [0.15, 0.2) is 18.2 Å². The van der Waals surface area contributed by atoms with Crippen LogP contribution in [0.3, 0.4) is 0 Å². The summed E-state index contributed by atoms with van der Waals surface area (Å²) >= 11 is 10.2. The molecule has 0 aliphatic heterocycles. The van der Waals surface area contributed by atoms with E-state index in [0.29, 0.717) is 0 Å². The largest absolute Gasteiger partial charge is 0.175 e. The smallest absolute Gasteiger partial charge is 0.0464 e. The number of benzene rings is 1. The van der Waals surface area contributed by atoms with E-state index in [1.165, 1.54) is 5.56 Å². The molecule has 2 heteroatoms. The number of aryl methyl sites for hydroxylation is 2. The highest BCUT2D eigenvalue weighted by molar-refractivity contribution is 7.80. The minimum absolute atomic E-state index is 0.765. The lowest BCUT2D eigenvalue weighted by Crippen LogP contribution is -1.83. The number of rotatable bonds is 2. The Bertz CT molecular complexity index is 306. The van der Waals surface area contributed by atoms with E-state index < -0.39 is 0 Å². The van der Waals surface area contributed by atoms with E-state index in [1.54, 1.807) is 0 Å². The van der Waals surface area contributed by atoms with Crippen LogP contribution in [-0.2, 0) is 0 Å². The molecule has 0 amide bonds. The van der Waals surface area contributed by atoms with Gasteiger partial charge in [0.25, 0.3) is 0 Å². The van der Waals surface area contributed by atoms with Crippen molar-refractivity contribution in [1.82, 2.24) is 0 Å². The van der Waals surface area contributed by atoms with E-state index in [1.807, 2.05) is 19.9 Å². The molecular weight excluding hydrogens is 200 g/mol. The van der Waals surface area contributed by atoms with Crippen LogP contribution in [0, 0.1) is 13.8 Å². The molecule has 0 radical (unpaired) electrons. The Kier molecular flexibility index (Phi) is 3.89. The standard InChI is InChI=1S/C11H13ClS/c1-8-6-10(4-3-5-13)7-9(2)11(8)12/h3-4,6-7,13H,5H2,1-2H3. The fraction of sp³-hybridized carbons (Fsp3) is 0.273. The van der Waals surface area contributed by atoms with Crippen molar-refractivity contribution < 1.29 is 0 Å². The summed E-state index contributed by atoms with van der Waals surface area (Å²) in [7, 11) is 0. The Hall–Kier alpha value is -0.400. The molecule has 0 unspecified atom stereocenters. The SMILES string of the molecule is Cc1cc(C=CCS)cc(C)c1Cl. The quantitative estimate of drug-likeness (QED) is 0.707. The molecule has 0 saturated heterocycles. The zero-order valence-corrected chi connectivity index (χ0v) is 9.49. The minimum Gasteiger partial charge on any atom is -0.175 e. The van der Waals surface area contributed by atoms with E-state index in [0.717, 1.165) is 21.9 Å². The van der Waals surface area contributed by atoms with Gasteiger partial charge in [0.05, 0.1) is 0 Å². The molecule has 0 saturated carbocycles. The summed E-state index contributed by atoms with van der Waals surface area (Å²) in [6.07, 6.45) is 4.08. The maximum atomic E-state index is 6.04. The van der Waals surface area contributed by atoms with Crippen molar-refractivity contribution in [3.8, 4) is 0 Å². The zero-order chi connectivity index (χ0) is 9.84. The predicted octanol–water partition coefficient (Wildman–Crippen LogP) is 3.90. The van der Waals surface area contributed by atoms with Crippen molar-refractivity contribution >= 4 is 30.3 Å². The lowest BCUT2D eigenvalue weighted by molar-refractivity contribution is 1.37. The van der Waals surface area contributed by atoms with Crippen LogP contribution in [0.25, 0.3) is 6.08 Å². The molecule has 0 aliphatic rings. The minimum atomic E-state index is 0.765. The van der Waals surface area contributed by atoms with Gasteiger partial charge >= 0.3 is 0 Å². The molecule has 0 atom stereocenters. The Labute approximate surface area is 90.0 Å². The van der Waals surface area contributed by atoms with Crippen molar-refractivity contribution in [2.24, 2.45) is 0 Å². The lowest BCUT2D eigenvalue weighted by atomic mass is 10.1. The maximum Gasteiger partial charge on any atom is 0.0464 e. The van der Waals surface area contributed by atoms with Gasteiger partial charge in [0.15, 0.2) is 0 Å². The highest BCUT2D eigenvalue weighted by Gasteiger charge is 1.99. The third kappa shape index (κ3) is 2.78. The van der Waals surface area contributed by atoms with Crippen LogP contribution in [0.2, 0.25) is 5.02 Å². The molecule has 13 heavy (non-hydrogen) atoms. The molecule has 0 nitrogen and oxygen atoms in total. The Morgan fingerprint density at radius 3 is 2.31 bits per heavy atom. The van der Waals surface area contributed by atoms with E-state index in [4.69, 9.17) is 11.6 Å². The van der Waals surface area contributed by atoms with Gasteiger partial charge in [-0.15, -0.1) is 0 Å². The molecule has 0 bridgehead atoms. The van der Waals surface area contributed by atoms with E-state index >= 15 is 0 Å². The van der Waals surface area contributed by atoms with Crippen molar-refractivity contribution in [1.29, 1.82) is 0 Å². The highest BCUT2D eigenvalue weighted by Crippen LogP contribution is 2.22. The number of thiol groups is 1. The summed E-state index contributed by atoms with van der Waals surface area (Å²) in [6, 6.07) is 4.16. The number of halogens is 1. The summed E-state index contributed by atoms with van der Waals surface area (Å²) in [6.45, 7) is 4.04. The number of hydrogen-bond acceptors (Lipinski definition) is 1. The second kappa shape index (κ2) is 4.73. The summed E-state index contributed by atoms with van der Waals surface area (Å²) in [5.74, 6) is 0.765. The third-order valence-electron chi connectivity index (χ3n) is 1.87. The van der Waals surface area contributed by atoms with E-state index in [9.17, 15) is 0 Å². The second-order valence-corrected chi connectivity index (χ2v) is 3.80. The Morgan fingerprint density at radius 2 is 1.85 bits per heavy atom. The van der Waals surface area contributed by atoms with Gasteiger partial charge in [0.2, 0.25) is 0 Å². The topological polar surface area (TPSA) is 0 Å². The predicted molar refractivity (Wildman–Crippen MR) is 63.8 cm³/mol. The van der Waals surface area contributed by atoms with Gasteiger partial charge in [-0.3, -0.25) is 0 Å². The second-order valence-electron chi connectivity index (χ2n) is 3.05. The molecule has 70 valence electrons. The number of hydrogen-bond donors (Lipinski definition) is 1. The first-order valence-corrected chi connectivity index (χ1v) is 5.20. The molecular formula is C11H13ClS. The van der Waals surface area contributed by atoms with Crippen LogP contribution in [-0.4, -0.2) is 5.75 Å². The Balaban J connectivity index is 3.06. The summed E-state index contributed by atoms with van der Waals surface area (Å²) in [4.78, 5) is 0. The van der Waals surface area contributed by atoms with Gasteiger partial charge in [-0.2, -0.15) is 12.6 Å².